The van der Waals surface area contributed by atoms with E-state index in [2.05, 4.69) is 10.6 Å². The van der Waals surface area contributed by atoms with Crippen LogP contribution in [0.2, 0.25) is 0 Å². The summed E-state index contributed by atoms with van der Waals surface area (Å²) in [5.41, 5.74) is 2.03. The predicted octanol–water partition coefficient (Wildman–Crippen LogP) is 0.692. The van der Waals surface area contributed by atoms with E-state index in [-0.39, 0.29) is 24.3 Å². The Balaban J connectivity index is 1.42. The van der Waals surface area contributed by atoms with Gasteiger partial charge in [-0.2, -0.15) is 0 Å². The van der Waals surface area contributed by atoms with Crippen LogP contribution in [0.4, 0.5) is 15.8 Å². The summed E-state index contributed by atoms with van der Waals surface area (Å²) in [5.74, 6) is -0.652. The van der Waals surface area contributed by atoms with Crippen LogP contribution < -0.4 is 15.5 Å². The summed E-state index contributed by atoms with van der Waals surface area (Å²) in [6.07, 6.45) is 0.301. The van der Waals surface area contributed by atoms with Crippen LogP contribution in [-0.4, -0.2) is 55.3 Å². The van der Waals surface area contributed by atoms with Gasteiger partial charge < -0.3 is 20.4 Å². The number of nitrogens with one attached hydrogen (secondary N) is 3. The van der Waals surface area contributed by atoms with Gasteiger partial charge in [-0.05, 0) is 35.9 Å². The first-order valence-electron chi connectivity index (χ1n) is 9.92. The van der Waals surface area contributed by atoms with E-state index in [0.29, 0.717) is 44.0 Å². The second kappa shape index (κ2) is 9.98. The van der Waals surface area contributed by atoms with Crippen molar-refractivity contribution in [3.8, 4) is 0 Å². The number of anilines is 2. The first kappa shape index (κ1) is 21.4. The highest BCUT2D eigenvalue weighted by Crippen LogP contribution is 2.11. The molecule has 1 fully saturated rings. The molecule has 1 heterocycles. The van der Waals surface area contributed by atoms with Crippen LogP contribution in [0, 0.1) is 5.82 Å². The van der Waals surface area contributed by atoms with Crippen LogP contribution in [0.25, 0.3) is 0 Å². The fraction of sp³-hybridized carbons (Fsp3) is 0.318. The van der Waals surface area contributed by atoms with E-state index in [0.717, 1.165) is 10.5 Å². The molecule has 0 radical (unpaired) electrons. The lowest BCUT2D eigenvalue weighted by atomic mass is 10.1. The van der Waals surface area contributed by atoms with Gasteiger partial charge in [-0.1, -0.05) is 18.2 Å². The van der Waals surface area contributed by atoms with Crippen LogP contribution >= 0.6 is 0 Å². The van der Waals surface area contributed by atoms with Crippen LogP contribution in [0.3, 0.4) is 0 Å². The molecule has 3 amide bonds. The Morgan fingerprint density at radius 1 is 1.00 bits per heavy atom. The molecule has 8 heteroatoms. The zero-order chi connectivity index (χ0) is 21.5. The zero-order valence-electron chi connectivity index (χ0n) is 16.9. The topological polar surface area (TPSA) is 83.0 Å². The second-order valence-corrected chi connectivity index (χ2v) is 7.42. The maximum Gasteiger partial charge on any atom is 0.279 e. The molecule has 3 N–H and O–H groups in total. The summed E-state index contributed by atoms with van der Waals surface area (Å²) < 4.78 is 13.2. The number of carbonyl (C=O) groups is 3. The Bertz CT molecular complexity index is 909. The van der Waals surface area contributed by atoms with Crippen LogP contribution in [0.5, 0.6) is 0 Å². The normalized spacial score (nSPS) is 14.3. The Kier molecular flexibility index (Phi) is 7.13. The van der Waals surface area contributed by atoms with Gasteiger partial charge in [-0.15, -0.1) is 0 Å². The lowest BCUT2D eigenvalue weighted by Gasteiger charge is -2.32. The van der Waals surface area contributed by atoms with Gasteiger partial charge >= 0.3 is 0 Å². The van der Waals surface area contributed by atoms with Crippen molar-refractivity contribution in [2.24, 2.45) is 0 Å². The van der Waals surface area contributed by atoms with Crippen molar-refractivity contribution in [1.82, 2.24) is 4.90 Å². The molecule has 1 aliphatic heterocycles. The van der Waals surface area contributed by atoms with E-state index in [1.807, 2.05) is 17.0 Å². The van der Waals surface area contributed by atoms with Crippen molar-refractivity contribution in [3.63, 3.8) is 0 Å². The van der Waals surface area contributed by atoms with Crippen LogP contribution in [0.15, 0.2) is 48.5 Å². The summed E-state index contributed by atoms with van der Waals surface area (Å²) in [4.78, 5) is 38.7. The van der Waals surface area contributed by atoms with E-state index in [4.69, 9.17) is 0 Å². The lowest BCUT2D eigenvalue weighted by molar-refractivity contribution is -0.895. The summed E-state index contributed by atoms with van der Waals surface area (Å²) in [6, 6.07) is 13.0. The summed E-state index contributed by atoms with van der Waals surface area (Å²) >= 11 is 0. The molecule has 0 spiro atoms. The van der Waals surface area contributed by atoms with Gasteiger partial charge in [-0.3, -0.25) is 14.4 Å². The maximum absolute atomic E-state index is 13.2. The Labute approximate surface area is 174 Å². The number of benzene rings is 2. The standard InChI is InChI=1S/C22H25FN4O3/c1-16(28)24-19-7-5-17(6-8-19)13-22(30)27-11-9-26(10-12-27)15-21(29)25-20-4-2-3-18(23)14-20/h2-8,14H,9-13,15H2,1H3,(H,24,28)(H,25,29)/p+1. The van der Waals surface area contributed by atoms with Gasteiger partial charge in [0.15, 0.2) is 6.54 Å². The summed E-state index contributed by atoms with van der Waals surface area (Å²) in [7, 11) is 0. The highest BCUT2D eigenvalue weighted by molar-refractivity contribution is 5.91. The minimum Gasteiger partial charge on any atom is -0.331 e. The monoisotopic (exact) mass is 413 g/mol. The van der Waals surface area contributed by atoms with Crippen LogP contribution in [0.1, 0.15) is 12.5 Å². The highest BCUT2D eigenvalue weighted by atomic mass is 19.1. The Hall–Kier alpha value is -3.26. The molecule has 0 atom stereocenters. The molecule has 2 aromatic rings. The molecule has 0 aliphatic carbocycles. The number of rotatable bonds is 6. The van der Waals surface area contributed by atoms with Gasteiger partial charge in [-0.25, -0.2) is 4.39 Å². The molecule has 1 saturated heterocycles. The van der Waals surface area contributed by atoms with Crippen molar-refractivity contribution in [2.75, 3.05) is 43.4 Å². The minimum absolute atomic E-state index is 0.0468. The molecule has 2 aromatic carbocycles. The largest absolute Gasteiger partial charge is 0.331 e. The first-order valence-corrected chi connectivity index (χ1v) is 9.92. The molecular formula is C22H26FN4O3+. The number of piperazine rings is 1. The molecule has 0 bridgehead atoms. The lowest BCUT2D eigenvalue weighted by Crippen LogP contribution is -3.15. The average Bonchev–Trinajstić information content (AvgIpc) is 2.69. The van der Waals surface area contributed by atoms with Crippen molar-refractivity contribution < 1.29 is 23.7 Å². The van der Waals surface area contributed by atoms with Crippen molar-refractivity contribution in [3.05, 3.63) is 59.9 Å². The van der Waals surface area contributed by atoms with Gasteiger partial charge in [0.1, 0.15) is 5.82 Å². The molecule has 0 saturated carbocycles. The molecule has 30 heavy (non-hydrogen) atoms. The maximum atomic E-state index is 13.2. The van der Waals surface area contributed by atoms with Gasteiger partial charge in [0.25, 0.3) is 5.91 Å². The third-order valence-electron chi connectivity index (χ3n) is 4.97. The van der Waals surface area contributed by atoms with E-state index >= 15 is 0 Å². The molecule has 1 aliphatic rings. The van der Waals surface area contributed by atoms with Crippen molar-refractivity contribution in [1.29, 1.82) is 0 Å². The average molecular weight is 413 g/mol. The molecule has 0 unspecified atom stereocenters. The van der Waals surface area contributed by atoms with Gasteiger partial charge in [0, 0.05) is 18.3 Å². The second-order valence-electron chi connectivity index (χ2n) is 7.42. The third-order valence-corrected chi connectivity index (χ3v) is 4.97. The van der Waals surface area contributed by atoms with Crippen molar-refractivity contribution in [2.45, 2.75) is 13.3 Å². The van der Waals surface area contributed by atoms with Crippen LogP contribution in [-0.2, 0) is 20.8 Å². The van der Waals surface area contributed by atoms with E-state index in [1.54, 1.807) is 24.3 Å². The molecule has 0 aromatic heterocycles. The third kappa shape index (κ3) is 6.38. The first-order chi connectivity index (χ1) is 14.4. The Morgan fingerprint density at radius 3 is 2.33 bits per heavy atom. The predicted molar refractivity (Wildman–Crippen MR) is 112 cm³/mol. The fourth-order valence-corrected chi connectivity index (χ4v) is 3.44. The number of halogens is 1. The van der Waals surface area contributed by atoms with E-state index in [1.165, 1.54) is 19.1 Å². The molecule has 158 valence electrons. The smallest absolute Gasteiger partial charge is 0.279 e. The zero-order valence-corrected chi connectivity index (χ0v) is 16.9. The quantitative estimate of drug-likeness (QED) is 0.652. The molecule has 7 nitrogen and oxygen atoms in total. The number of quaternary nitrogens is 1. The number of nitrogens with zero attached hydrogens (tertiary/aromatic N) is 1. The van der Waals surface area contributed by atoms with Crippen molar-refractivity contribution >= 4 is 29.1 Å². The number of hydrogen-bond donors (Lipinski definition) is 3. The van der Waals surface area contributed by atoms with Gasteiger partial charge in [0.2, 0.25) is 11.8 Å². The van der Waals surface area contributed by atoms with E-state index in [9.17, 15) is 18.8 Å². The minimum atomic E-state index is -0.392. The Morgan fingerprint density at radius 2 is 1.70 bits per heavy atom. The van der Waals surface area contributed by atoms with Gasteiger partial charge in [0.05, 0.1) is 32.6 Å². The number of hydrogen-bond acceptors (Lipinski definition) is 3. The van der Waals surface area contributed by atoms with E-state index < -0.39 is 5.82 Å². The number of carbonyl (C=O) groups excluding carboxylic acids is 3. The summed E-state index contributed by atoms with van der Waals surface area (Å²) in [6.45, 7) is 4.28. The number of amides is 3. The molecule has 3 rings (SSSR count). The summed E-state index contributed by atoms with van der Waals surface area (Å²) in [5, 5.41) is 5.41. The SMILES string of the molecule is CC(=O)Nc1ccc(CC(=O)N2CC[NH+](CC(=O)Nc3cccc(F)c3)CC2)cc1. The fourth-order valence-electron chi connectivity index (χ4n) is 3.44. The molecular weight excluding hydrogens is 387 g/mol. The highest BCUT2D eigenvalue weighted by Gasteiger charge is 2.25.